The van der Waals surface area contributed by atoms with Crippen LogP contribution in [-0.4, -0.2) is 49.9 Å². The van der Waals surface area contributed by atoms with Crippen molar-refractivity contribution in [2.45, 2.75) is 30.7 Å². The minimum Gasteiger partial charge on any atom is -0.504 e. The molecule has 0 spiro atoms. The maximum Gasteiger partial charge on any atom is 0.269 e. The molecule has 0 heterocycles. The van der Waals surface area contributed by atoms with Crippen LogP contribution in [0.4, 0.5) is 17.1 Å². The number of phenols is 1. The molecular formula is C17H22ClN3O7S. The van der Waals surface area contributed by atoms with Gasteiger partial charge in [-0.05, 0) is 18.6 Å². The fourth-order valence-electron chi connectivity index (χ4n) is 2.66. The molecule has 0 fully saturated rings. The van der Waals surface area contributed by atoms with Crippen LogP contribution in [0.15, 0.2) is 26.6 Å². The number of halogens is 1. The van der Waals surface area contributed by atoms with Gasteiger partial charge in [-0.3, -0.25) is 14.4 Å². The van der Waals surface area contributed by atoms with E-state index in [9.17, 15) is 28.2 Å². The van der Waals surface area contributed by atoms with Crippen molar-refractivity contribution < 1.29 is 23.5 Å². The van der Waals surface area contributed by atoms with E-state index in [-0.39, 0.29) is 28.7 Å². The summed E-state index contributed by atoms with van der Waals surface area (Å²) in [4.78, 5) is 28.0. The SMILES string of the molecule is CCC[C@H](CO)Nc1c(Nc2ccc(Cl)c(S(=O)(=O)N(C)OC)c2O)c(=O)c1=O. The highest BCUT2D eigenvalue weighted by atomic mass is 35.5. The first kappa shape index (κ1) is 23.1. The van der Waals surface area contributed by atoms with Gasteiger partial charge in [-0.2, -0.15) is 0 Å². The topological polar surface area (TPSA) is 145 Å². The van der Waals surface area contributed by atoms with Crippen LogP contribution in [0.1, 0.15) is 19.8 Å². The average molecular weight is 448 g/mol. The molecule has 0 amide bonds. The van der Waals surface area contributed by atoms with Crippen LogP contribution in [-0.2, 0) is 14.9 Å². The molecule has 29 heavy (non-hydrogen) atoms. The van der Waals surface area contributed by atoms with Crippen LogP contribution in [0, 0.1) is 0 Å². The summed E-state index contributed by atoms with van der Waals surface area (Å²) in [5.74, 6) is -0.743. The number of hydrogen-bond donors (Lipinski definition) is 4. The molecule has 2 aromatic carbocycles. The number of anilines is 3. The van der Waals surface area contributed by atoms with E-state index in [1.54, 1.807) is 0 Å². The Morgan fingerprint density at radius 2 is 1.86 bits per heavy atom. The molecule has 12 heteroatoms. The predicted octanol–water partition coefficient (Wildman–Crippen LogP) is 1.14. The molecule has 1 atom stereocenters. The van der Waals surface area contributed by atoms with Gasteiger partial charge in [0.2, 0.25) is 0 Å². The Kier molecular flexibility index (Phi) is 7.25. The van der Waals surface area contributed by atoms with Gasteiger partial charge in [0.1, 0.15) is 16.3 Å². The zero-order chi connectivity index (χ0) is 21.9. The van der Waals surface area contributed by atoms with E-state index in [1.165, 1.54) is 12.1 Å². The zero-order valence-electron chi connectivity index (χ0n) is 16.0. The molecule has 0 aliphatic carbocycles. The van der Waals surface area contributed by atoms with Crippen molar-refractivity contribution in [2.24, 2.45) is 0 Å². The fourth-order valence-corrected chi connectivity index (χ4v) is 4.23. The van der Waals surface area contributed by atoms with Gasteiger partial charge in [-0.25, -0.2) is 8.42 Å². The standard InChI is InChI=1S/C17H22ClN3O7S/c1-4-5-9(8-22)19-12-13(16(25)15(12)24)20-11-7-6-10(18)17(14(11)23)29(26,27)21(2)28-3/h6-7,9,19-20,22-23H,4-5,8H2,1-3H3/t9-/m1/s1. The van der Waals surface area contributed by atoms with Gasteiger partial charge in [0, 0.05) is 13.1 Å². The molecule has 160 valence electrons. The molecular weight excluding hydrogens is 426 g/mol. The quantitative estimate of drug-likeness (QED) is 0.239. The van der Waals surface area contributed by atoms with Crippen LogP contribution >= 0.6 is 11.6 Å². The number of nitrogens with zero attached hydrogens (tertiary/aromatic N) is 1. The lowest BCUT2D eigenvalue weighted by Gasteiger charge is -2.22. The van der Waals surface area contributed by atoms with Gasteiger partial charge in [0.15, 0.2) is 5.75 Å². The number of hydroxylamine groups is 1. The first-order chi connectivity index (χ1) is 13.6. The summed E-state index contributed by atoms with van der Waals surface area (Å²) < 4.78 is 25.6. The molecule has 0 bridgehead atoms. The summed E-state index contributed by atoms with van der Waals surface area (Å²) in [5, 5.41) is 25.0. The zero-order valence-corrected chi connectivity index (χ0v) is 17.6. The third kappa shape index (κ3) is 4.38. The monoisotopic (exact) mass is 447 g/mol. The minimum atomic E-state index is -4.29. The van der Waals surface area contributed by atoms with Crippen molar-refractivity contribution >= 4 is 38.7 Å². The lowest BCUT2D eigenvalue weighted by atomic mass is 10.1. The Bertz CT molecular complexity index is 1060. The molecule has 0 aliphatic heterocycles. The summed E-state index contributed by atoms with van der Waals surface area (Å²) >= 11 is 5.95. The Morgan fingerprint density at radius 1 is 1.24 bits per heavy atom. The van der Waals surface area contributed by atoms with Crippen molar-refractivity contribution in [3.05, 3.63) is 37.6 Å². The Balaban J connectivity index is 2.45. The maximum absolute atomic E-state index is 12.5. The van der Waals surface area contributed by atoms with E-state index in [0.717, 1.165) is 20.6 Å². The smallest absolute Gasteiger partial charge is 0.269 e. The highest BCUT2D eigenvalue weighted by molar-refractivity contribution is 7.89. The van der Waals surface area contributed by atoms with Gasteiger partial charge in [-0.1, -0.05) is 29.4 Å². The van der Waals surface area contributed by atoms with Crippen molar-refractivity contribution in [3.8, 4) is 5.75 Å². The summed E-state index contributed by atoms with van der Waals surface area (Å²) in [7, 11) is -2.05. The predicted molar refractivity (Wildman–Crippen MR) is 109 cm³/mol. The fraction of sp³-hybridized carbons (Fsp3) is 0.412. The van der Waals surface area contributed by atoms with Gasteiger partial charge in [0.25, 0.3) is 20.9 Å². The lowest BCUT2D eigenvalue weighted by Crippen LogP contribution is -2.39. The number of rotatable bonds is 10. The Hall–Kier alpha value is -2.18. The van der Waals surface area contributed by atoms with Gasteiger partial charge >= 0.3 is 0 Å². The molecule has 0 radical (unpaired) electrons. The van der Waals surface area contributed by atoms with E-state index in [2.05, 4.69) is 15.5 Å². The van der Waals surface area contributed by atoms with Gasteiger partial charge in [-0.15, -0.1) is 0 Å². The first-order valence-corrected chi connectivity index (χ1v) is 10.4. The van der Waals surface area contributed by atoms with Crippen LogP contribution in [0.25, 0.3) is 0 Å². The Labute approximate surface area is 172 Å². The van der Waals surface area contributed by atoms with Gasteiger partial charge in [0.05, 0.1) is 24.4 Å². The van der Waals surface area contributed by atoms with Crippen molar-refractivity contribution in [1.82, 2.24) is 4.47 Å². The summed E-state index contributed by atoms with van der Waals surface area (Å²) in [6.45, 7) is 1.65. The number of aliphatic hydroxyl groups excluding tert-OH is 1. The van der Waals surface area contributed by atoms with Gasteiger partial charge < -0.3 is 20.8 Å². The molecule has 4 N–H and O–H groups in total. The van der Waals surface area contributed by atoms with Crippen LogP contribution in [0.3, 0.4) is 0 Å². The number of benzene rings is 1. The first-order valence-electron chi connectivity index (χ1n) is 8.62. The van der Waals surface area contributed by atoms with E-state index in [0.29, 0.717) is 10.9 Å². The minimum absolute atomic E-state index is 0.0460. The highest BCUT2D eigenvalue weighted by Gasteiger charge is 2.30. The van der Waals surface area contributed by atoms with Crippen molar-refractivity contribution in [1.29, 1.82) is 0 Å². The van der Waals surface area contributed by atoms with Crippen LogP contribution in [0.2, 0.25) is 5.02 Å². The number of nitrogens with one attached hydrogen (secondary N) is 2. The second-order valence-electron chi connectivity index (χ2n) is 6.22. The summed E-state index contributed by atoms with van der Waals surface area (Å²) in [6, 6.07) is 2.04. The Morgan fingerprint density at radius 3 is 2.41 bits per heavy atom. The molecule has 0 saturated carbocycles. The van der Waals surface area contributed by atoms with Crippen molar-refractivity contribution in [2.75, 3.05) is 31.4 Å². The molecule has 10 nitrogen and oxygen atoms in total. The molecule has 0 unspecified atom stereocenters. The normalized spacial score (nSPS) is 13.0. The second-order valence-corrected chi connectivity index (χ2v) is 8.50. The highest BCUT2D eigenvalue weighted by Crippen LogP contribution is 2.39. The lowest BCUT2D eigenvalue weighted by molar-refractivity contribution is -0.0259. The van der Waals surface area contributed by atoms with E-state index >= 15 is 0 Å². The number of aliphatic hydroxyl groups is 1. The molecule has 0 aromatic heterocycles. The number of sulfonamides is 1. The third-order valence-electron chi connectivity index (χ3n) is 4.31. The summed E-state index contributed by atoms with van der Waals surface area (Å²) in [5.41, 5.74) is -1.96. The molecule has 2 aromatic rings. The number of aromatic hydroxyl groups is 1. The molecule has 0 aliphatic rings. The third-order valence-corrected chi connectivity index (χ3v) is 6.50. The van der Waals surface area contributed by atoms with E-state index in [1.807, 2.05) is 6.92 Å². The van der Waals surface area contributed by atoms with Crippen LogP contribution in [0.5, 0.6) is 5.75 Å². The van der Waals surface area contributed by atoms with E-state index < -0.39 is 37.6 Å². The maximum atomic E-state index is 12.5. The second kappa shape index (κ2) is 9.09. The number of hydrogen-bond acceptors (Lipinski definition) is 9. The van der Waals surface area contributed by atoms with Crippen LogP contribution < -0.4 is 21.5 Å². The largest absolute Gasteiger partial charge is 0.504 e. The number of phenolic OH excluding ortho intramolecular Hbond substituents is 1. The summed E-state index contributed by atoms with van der Waals surface area (Å²) in [6.07, 6.45) is 1.30. The average Bonchev–Trinajstić information content (AvgIpc) is 2.69. The van der Waals surface area contributed by atoms with Crippen molar-refractivity contribution in [3.63, 3.8) is 0 Å². The van der Waals surface area contributed by atoms with E-state index in [4.69, 9.17) is 11.6 Å². The molecule has 0 saturated heterocycles. The molecule has 2 rings (SSSR count).